The second-order valence-corrected chi connectivity index (χ2v) is 14.7. The number of aliphatic hydroxyl groups is 2. The van der Waals surface area contributed by atoms with Crippen LogP contribution in [0.1, 0.15) is 62.6 Å². The molecule has 6 rings (SSSR count). The molecule has 0 spiro atoms. The topological polar surface area (TPSA) is 149 Å². The number of aromatic nitrogens is 1. The van der Waals surface area contributed by atoms with Crippen LogP contribution < -0.4 is 4.72 Å². The minimum Gasteiger partial charge on any atom is -0.390 e. The molecule has 4 unspecified atom stereocenters. The van der Waals surface area contributed by atoms with Crippen LogP contribution in [0.15, 0.2) is 46.0 Å². The molecule has 2 aromatic rings. The summed E-state index contributed by atoms with van der Waals surface area (Å²) >= 11 is 7.88. The number of fused-ring (bicyclic) bond motifs is 3. The molecule has 10 nitrogen and oxygen atoms in total. The van der Waals surface area contributed by atoms with E-state index < -0.39 is 38.8 Å². The standard InChI is InChI=1S/C27H32ClFN4O4S2.CO2/c1-14-22-10-19(32-39(36,37)24-16-3-4-17(24)12-27(35,11-16)15(2)34)13-33(22)25(26-30-7-8-38-26)31-23(14)20-6-5-18(29)9-21(20)28;2-1-3/h5-9,15-17,19,23-24,32,34-35H,3-4,10-13H2,1-2H3;/t15?,16?,17?,19?,23-,24?,27?;/m1./s1. The third-order valence-electron chi connectivity index (χ3n) is 8.96. The van der Waals surface area contributed by atoms with Gasteiger partial charge in [0, 0.05) is 41.3 Å². The van der Waals surface area contributed by atoms with Crippen molar-refractivity contribution < 1.29 is 32.6 Å². The minimum atomic E-state index is -3.70. The summed E-state index contributed by atoms with van der Waals surface area (Å²) < 4.78 is 44.3. The van der Waals surface area contributed by atoms with Crippen LogP contribution in [0.25, 0.3) is 0 Å². The first-order valence-electron chi connectivity index (χ1n) is 13.7. The summed E-state index contributed by atoms with van der Waals surface area (Å²) in [5.74, 6) is -0.154. The van der Waals surface area contributed by atoms with Gasteiger partial charge in [-0.15, -0.1) is 11.3 Å². The number of hydrogen-bond donors (Lipinski definition) is 3. The van der Waals surface area contributed by atoms with Crippen molar-refractivity contribution in [2.45, 2.75) is 75.0 Å². The molecule has 3 fully saturated rings. The van der Waals surface area contributed by atoms with E-state index in [1.165, 1.54) is 23.5 Å². The van der Waals surface area contributed by atoms with E-state index in [1.54, 1.807) is 19.2 Å². The SMILES string of the molecule is CC1=C2CC(NS(=O)(=O)C3C4CCC3CC(O)(C(C)O)C4)CN2C(c2nccs2)=N[C@H]1c1ccc(F)cc1Cl.O=C=O. The highest BCUT2D eigenvalue weighted by molar-refractivity contribution is 7.90. The summed E-state index contributed by atoms with van der Waals surface area (Å²) in [5.41, 5.74) is 1.35. The molecule has 0 amide bonds. The summed E-state index contributed by atoms with van der Waals surface area (Å²) in [4.78, 5) is 27.7. The lowest BCUT2D eigenvalue weighted by Crippen LogP contribution is -2.54. The Balaban J connectivity index is 0.00000113. The lowest BCUT2D eigenvalue weighted by molar-refractivity contribution is -0.191. The minimum absolute atomic E-state index is 0.191. The number of aliphatic imine (C=N–C) groups is 1. The molecule has 226 valence electrons. The molecule has 1 aromatic heterocycles. The molecule has 42 heavy (non-hydrogen) atoms. The second kappa shape index (κ2) is 11.9. The number of amidine groups is 1. The van der Waals surface area contributed by atoms with Crippen LogP contribution in [0.5, 0.6) is 0 Å². The molecule has 2 saturated carbocycles. The number of carbonyl (C=O) groups excluding carboxylic acids is 2. The van der Waals surface area contributed by atoms with Crippen LogP contribution in [-0.2, 0) is 19.6 Å². The Morgan fingerprint density at radius 2 is 1.93 bits per heavy atom. The average Bonchev–Trinajstić information content (AvgIpc) is 3.64. The molecule has 1 aromatic carbocycles. The third kappa shape index (κ3) is 5.71. The van der Waals surface area contributed by atoms with Crippen LogP contribution in [0.4, 0.5) is 4.39 Å². The molecule has 4 aliphatic rings. The summed E-state index contributed by atoms with van der Waals surface area (Å²) in [6.07, 6.45) is 3.56. The molecule has 5 atom stereocenters. The zero-order chi connectivity index (χ0) is 30.4. The quantitative estimate of drug-likeness (QED) is 0.436. The van der Waals surface area contributed by atoms with Gasteiger partial charge in [0.05, 0.1) is 17.0 Å². The van der Waals surface area contributed by atoms with Gasteiger partial charge < -0.3 is 15.1 Å². The highest BCUT2D eigenvalue weighted by Crippen LogP contribution is 2.51. The number of hydrogen-bond acceptors (Lipinski definition) is 10. The highest BCUT2D eigenvalue weighted by Gasteiger charge is 2.55. The highest BCUT2D eigenvalue weighted by atomic mass is 35.5. The number of aliphatic hydroxyl groups excluding tert-OH is 1. The van der Waals surface area contributed by atoms with E-state index in [4.69, 9.17) is 26.2 Å². The van der Waals surface area contributed by atoms with Gasteiger partial charge in [-0.05, 0) is 74.6 Å². The van der Waals surface area contributed by atoms with Gasteiger partial charge in [-0.25, -0.2) is 22.5 Å². The van der Waals surface area contributed by atoms with E-state index in [1.807, 2.05) is 17.2 Å². The third-order valence-corrected chi connectivity index (χ3v) is 12.2. The number of nitrogens with zero attached hydrogens (tertiary/aromatic N) is 3. The summed E-state index contributed by atoms with van der Waals surface area (Å²) in [7, 11) is -3.70. The fourth-order valence-corrected chi connectivity index (χ4v) is 10.3. The smallest absolute Gasteiger partial charge is 0.373 e. The number of thiazole rings is 1. The molecule has 2 aliphatic carbocycles. The number of rotatable bonds is 6. The van der Waals surface area contributed by atoms with Crippen LogP contribution >= 0.6 is 22.9 Å². The molecule has 3 N–H and O–H groups in total. The fraction of sp³-hybridized carbons (Fsp3) is 0.536. The van der Waals surface area contributed by atoms with Gasteiger partial charge in [0.1, 0.15) is 11.9 Å². The van der Waals surface area contributed by atoms with Crippen LogP contribution in [0, 0.1) is 17.7 Å². The first-order chi connectivity index (χ1) is 19.9. The Morgan fingerprint density at radius 3 is 2.50 bits per heavy atom. The Bertz CT molecular complexity index is 1530. The molecular weight excluding hydrogens is 607 g/mol. The van der Waals surface area contributed by atoms with Crippen molar-refractivity contribution in [3.63, 3.8) is 0 Å². The van der Waals surface area contributed by atoms with Gasteiger partial charge in [-0.1, -0.05) is 17.7 Å². The van der Waals surface area contributed by atoms with E-state index in [9.17, 15) is 23.0 Å². The molecular formula is C28H32ClFN4O6S2. The summed E-state index contributed by atoms with van der Waals surface area (Å²) in [6.45, 7) is 3.95. The first kappa shape index (κ1) is 30.9. The predicted octanol–water partition coefficient (Wildman–Crippen LogP) is 3.42. The zero-order valence-electron chi connectivity index (χ0n) is 23.0. The van der Waals surface area contributed by atoms with Crippen molar-refractivity contribution in [3.05, 3.63) is 62.5 Å². The van der Waals surface area contributed by atoms with E-state index in [-0.39, 0.29) is 41.9 Å². The molecule has 0 radical (unpaired) electrons. The van der Waals surface area contributed by atoms with Crippen molar-refractivity contribution >= 4 is 44.9 Å². The Morgan fingerprint density at radius 1 is 1.26 bits per heavy atom. The lowest BCUT2D eigenvalue weighted by atomic mass is 9.74. The number of halogens is 2. The van der Waals surface area contributed by atoms with Crippen molar-refractivity contribution in [3.8, 4) is 0 Å². The summed E-state index contributed by atoms with van der Waals surface area (Å²) in [5, 5.41) is 23.3. The van der Waals surface area contributed by atoms with E-state index in [0.29, 0.717) is 24.4 Å². The van der Waals surface area contributed by atoms with Crippen LogP contribution in [-0.4, -0.2) is 70.0 Å². The number of benzene rings is 1. The molecule has 2 bridgehead atoms. The van der Waals surface area contributed by atoms with Crippen LogP contribution in [0.2, 0.25) is 5.02 Å². The Hall–Kier alpha value is -2.51. The lowest BCUT2D eigenvalue weighted by Gasteiger charge is -2.42. The fourth-order valence-electron chi connectivity index (χ4n) is 7.11. The zero-order valence-corrected chi connectivity index (χ0v) is 25.4. The predicted molar refractivity (Wildman–Crippen MR) is 154 cm³/mol. The maximum absolute atomic E-state index is 13.8. The molecule has 3 heterocycles. The van der Waals surface area contributed by atoms with Gasteiger partial charge in [0.15, 0.2) is 10.8 Å². The molecule has 14 heteroatoms. The monoisotopic (exact) mass is 638 g/mol. The molecule has 2 aliphatic heterocycles. The Kier molecular flexibility index (Phi) is 8.75. The maximum atomic E-state index is 13.8. The van der Waals surface area contributed by atoms with Gasteiger partial charge in [-0.3, -0.25) is 4.99 Å². The number of sulfonamides is 1. The largest absolute Gasteiger partial charge is 0.390 e. The van der Waals surface area contributed by atoms with Gasteiger partial charge in [0.25, 0.3) is 0 Å². The average molecular weight is 639 g/mol. The normalized spacial score (nSPS) is 31.1. The van der Waals surface area contributed by atoms with Gasteiger partial charge in [-0.2, -0.15) is 9.59 Å². The van der Waals surface area contributed by atoms with E-state index in [0.717, 1.165) is 29.1 Å². The second-order valence-electron chi connectivity index (χ2n) is 11.5. The maximum Gasteiger partial charge on any atom is 0.373 e. The van der Waals surface area contributed by atoms with E-state index >= 15 is 0 Å². The van der Waals surface area contributed by atoms with Crippen LogP contribution in [0.3, 0.4) is 0 Å². The van der Waals surface area contributed by atoms with Crippen molar-refractivity contribution in [2.75, 3.05) is 6.54 Å². The van der Waals surface area contributed by atoms with Crippen molar-refractivity contribution in [1.82, 2.24) is 14.6 Å². The first-order valence-corrected chi connectivity index (χ1v) is 16.5. The molecule has 1 saturated heterocycles. The van der Waals surface area contributed by atoms with Gasteiger partial charge in [0.2, 0.25) is 10.0 Å². The van der Waals surface area contributed by atoms with E-state index in [2.05, 4.69) is 9.71 Å². The van der Waals surface area contributed by atoms with Gasteiger partial charge >= 0.3 is 6.15 Å². The van der Waals surface area contributed by atoms with Crippen molar-refractivity contribution in [2.24, 2.45) is 16.8 Å². The van der Waals surface area contributed by atoms with Crippen molar-refractivity contribution in [1.29, 1.82) is 0 Å². The summed E-state index contributed by atoms with van der Waals surface area (Å²) in [6, 6.07) is 3.48. The number of nitrogens with one attached hydrogen (secondary N) is 1. The Labute approximate surface area is 252 Å².